The summed E-state index contributed by atoms with van der Waals surface area (Å²) in [6.45, 7) is 2.88. The molecule has 1 amide bonds. The Hall–Kier alpha value is -4.27. The summed E-state index contributed by atoms with van der Waals surface area (Å²) in [4.78, 5) is 25.3. The Balaban J connectivity index is 1.30. The average Bonchev–Trinajstić information content (AvgIpc) is 3.58. The molecule has 2 aromatic heterocycles. The van der Waals surface area contributed by atoms with Crippen LogP contribution in [0.3, 0.4) is 0 Å². The van der Waals surface area contributed by atoms with Crippen LogP contribution in [0, 0.1) is 12.8 Å². The molecule has 0 radical (unpaired) electrons. The van der Waals surface area contributed by atoms with Crippen molar-refractivity contribution in [2.45, 2.75) is 26.3 Å². The fourth-order valence-corrected chi connectivity index (χ4v) is 3.55. The molecule has 9 nitrogen and oxygen atoms in total. The van der Waals surface area contributed by atoms with Gasteiger partial charge in [0.15, 0.2) is 11.2 Å². The van der Waals surface area contributed by atoms with Crippen LogP contribution in [0.2, 0.25) is 0 Å². The van der Waals surface area contributed by atoms with Crippen LogP contribution in [-0.4, -0.2) is 38.8 Å². The number of aromatic nitrogens is 4. The van der Waals surface area contributed by atoms with E-state index >= 15 is 0 Å². The number of amides is 1. The molecule has 0 unspecified atom stereocenters. The Labute approximate surface area is 196 Å². The smallest absolute Gasteiger partial charge is 0.271 e. The lowest BCUT2D eigenvalue weighted by Gasteiger charge is -2.09. The van der Waals surface area contributed by atoms with E-state index in [-0.39, 0.29) is 5.91 Å². The summed E-state index contributed by atoms with van der Waals surface area (Å²) in [5, 5.41) is 4.06. The number of methoxy groups -OCH3 is 1. The van der Waals surface area contributed by atoms with Crippen molar-refractivity contribution in [2.75, 3.05) is 7.11 Å². The molecule has 0 aliphatic heterocycles. The van der Waals surface area contributed by atoms with E-state index in [4.69, 9.17) is 9.47 Å². The molecule has 0 saturated heterocycles. The molecule has 1 N–H and O–H groups in total. The summed E-state index contributed by atoms with van der Waals surface area (Å²) in [5.41, 5.74) is 6.21. The third-order valence-corrected chi connectivity index (χ3v) is 5.62. The first-order valence-electron chi connectivity index (χ1n) is 11.0. The van der Waals surface area contributed by atoms with E-state index in [1.165, 1.54) is 25.4 Å². The Morgan fingerprint density at radius 1 is 1.18 bits per heavy atom. The number of hydrogen-bond donors (Lipinski definition) is 1. The normalized spacial score (nSPS) is 13.4. The number of nitrogens with zero attached hydrogens (tertiary/aromatic N) is 5. The fourth-order valence-electron chi connectivity index (χ4n) is 3.55. The van der Waals surface area contributed by atoms with Gasteiger partial charge in [-0.3, -0.25) is 4.79 Å². The van der Waals surface area contributed by atoms with Gasteiger partial charge >= 0.3 is 0 Å². The first kappa shape index (κ1) is 21.6. The third-order valence-electron chi connectivity index (χ3n) is 5.62. The van der Waals surface area contributed by atoms with Gasteiger partial charge in [-0.2, -0.15) is 10.1 Å². The van der Waals surface area contributed by atoms with Crippen LogP contribution < -0.4 is 14.9 Å². The van der Waals surface area contributed by atoms with Gasteiger partial charge in [0.05, 0.1) is 19.7 Å². The summed E-state index contributed by atoms with van der Waals surface area (Å²) < 4.78 is 13.5. The van der Waals surface area contributed by atoms with Crippen LogP contribution in [0.5, 0.6) is 17.4 Å². The number of rotatable bonds is 8. The van der Waals surface area contributed by atoms with Gasteiger partial charge in [-0.1, -0.05) is 17.7 Å². The molecular formula is C25H24N6O3. The number of aryl methyl sites for hydroxylation is 1. The van der Waals surface area contributed by atoms with Gasteiger partial charge in [-0.25, -0.2) is 15.4 Å². The van der Waals surface area contributed by atoms with Crippen molar-refractivity contribution in [1.29, 1.82) is 0 Å². The SMILES string of the molecule is COc1cc(Oc2ncnc3c2ncn3CC2CC2)ccc1/C=N/NC(=O)c1ccc(C)cc1. The number of benzene rings is 2. The number of hydrogen-bond acceptors (Lipinski definition) is 7. The van der Waals surface area contributed by atoms with Crippen molar-refractivity contribution in [3.8, 4) is 17.4 Å². The van der Waals surface area contributed by atoms with Crippen molar-refractivity contribution in [3.63, 3.8) is 0 Å². The lowest BCUT2D eigenvalue weighted by Crippen LogP contribution is -2.17. The molecule has 34 heavy (non-hydrogen) atoms. The van der Waals surface area contributed by atoms with Crippen molar-refractivity contribution in [2.24, 2.45) is 11.0 Å². The Kier molecular flexibility index (Phi) is 5.90. The largest absolute Gasteiger partial charge is 0.496 e. The molecule has 4 aromatic rings. The lowest BCUT2D eigenvalue weighted by molar-refractivity contribution is 0.0955. The van der Waals surface area contributed by atoms with E-state index < -0.39 is 0 Å². The van der Waals surface area contributed by atoms with Gasteiger partial charge < -0.3 is 14.0 Å². The number of carbonyl (C=O) groups excluding carboxylic acids is 1. The summed E-state index contributed by atoms with van der Waals surface area (Å²) in [6, 6.07) is 12.6. The van der Waals surface area contributed by atoms with Gasteiger partial charge in [0.1, 0.15) is 17.8 Å². The molecule has 0 bridgehead atoms. The molecule has 1 aliphatic carbocycles. The molecule has 2 aromatic carbocycles. The van der Waals surface area contributed by atoms with Crippen molar-refractivity contribution in [1.82, 2.24) is 24.9 Å². The molecular weight excluding hydrogens is 432 g/mol. The maximum absolute atomic E-state index is 12.2. The van der Waals surface area contributed by atoms with Crippen LogP contribution >= 0.6 is 0 Å². The number of hydrazone groups is 1. The summed E-state index contributed by atoms with van der Waals surface area (Å²) in [5.74, 6) is 1.87. The van der Waals surface area contributed by atoms with E-state index in [9.17, 15) is 4.79 Å². The molecule has 1 aliphatic rings. The van der Waals surface area contributed by atoms with Gasteiger partial charge in [0.25, 0.3) is 11.8 Å². The topological polar surface area (TPSA) is 104 Å². The molecule has 9 heteroatoms. The minimum Gasteiger partial charge on any atom is -0.496 e. The van der Waals surface area contributed by atoms with E-state index in [1.807, 2.05) is 23.6 Å². The lowest BCUT2D eigenvalue weighted by atomic mass is 10.1. The maximum Gasteiger partial charge on any atom is 0.271 e. The molecule has 5 rings (SSSR count). The summed E-state index contributed by atoms with van der Waals surface area (Å²) >= 11 is 0. The predicted octanol–water partition coefficient (Wildman–Crippen LogP) is 4.11. The quantitative estimate of drug-likeness (QED) is 0.316. The zero-order valence-corrected chi connectivity index (χ0v) is 18.9. The second kappa shape index (κ2) is 9.30. The number of ether oxygens (including phenoxy) is 2. The molecule has 2 heterocycles. The monoisotopic (exact) mass is 456 g/mol. The van der Waals surface area contributed by atoms with E-state index in [0.29, 0.717) is 39.9 Å². The van der Waals surface area contributed by atoms with Crippen LogP contribution in [0.15, 0.2) is 60.2 Å². The highest BCUT2D eigenvalue weighted by Crippen LogP contribution is 2.33. The van der Waals surface area contributed by atoms with Crippen molar-refractivity contribution in [3.05, 3.63) is 71.8 Å². The van der Waals surface area contributed by atoms with Crippen LogP contribution in [0.1, 0.15) is 34.3 Å². The minimum atomic E-state index is -0.288. The second-order valence-electron chi connectivity index (χ2n) is 8.26. The molecule has 0 spiro atoms. The molecule has 0 atom stereocenters. The van der Waals surface area contributed by atoms with Crippen molar-refractivity contribution >= 4 is 23.3 Å². The van der Waals surface area contributed by atoms with E-state index in [1.54, 1.807) is 43.8 Å². The highest BCUT2D eigenvalue weighted by atomic mass is 16.5. The third kappa shape index (κ3) is 4.73. The maximum atomic E-state index is 12.2. The van der Waals surface area contributed by atoms with Crippen LogP contribution in [-0.2, 0) is 6.54 Å². The van der Waals surface area contributed by atoms with E-state index in [0.717, 1.165) is 17.8 Å². The molecule has 1 saturated carbocycles. The number of fused-ring (bicyclic) bond motifs is 1. The van der Waals surface area contributed by atoms with Gasteiger partial charge in [0.2, 0.25) is 0 Å². The van der Waals surface area contributed by atoms with Gasteiger partial charge in [-0.15, -0.1) is 0 Å². The minimum absolute atomic E-state index is 0.288. The fraction of sp³-hybridized carbons (Fsp3) is 0.240. The highest BCUT2D eigenvalue weighted by Gasteiger charge is 2.23. The standard InChI is InChI=1S/C25H24N6O3/c1-16-3-7-18(8-4-16)24(32)30-29-12-19-9-10-20(11-21(19)33-2)34-25-22-23(26-14-27-25)31(15-28-22)13-17-5-6-17/h3-4,7-12,14-15,17H,5-6,13H2,1-2H3,(H,30,32)/b29-12+. The summed E-state index contributed by atoms with van der Waals surface area (Å²) in [7, 11) is 1.56. The zero-order chi connectivity index (χ0) is 23.5. The second-order valence-corrected chi connectivity index (χ2v) is 8.26. The summed E-state index contributed by atoms with van der Waals surface area (Å²) in [6.07, 6.45) is 7.29. The van der Waals surface area contributed by atoms with E-state index in [2.05, 4.69) is 25.5 Å². The number of nitrogens with one attached hydrogen (secondary N) is 1. The average molecular weight is 457 g/mol. The van der Waals surface area contributed by atoms with Crippen LogP contribution in [0.4, 0.5) is 0 Å². The highest BCUT2D eigenvalue weighted by molar-refractivity contribution is 5.95. The Morgan fingerprint density at radius 3 is 2.76 bits per heavy atom. The number of imidazole rings is 1. The van der Waals surface area contributed by atoms with Gasteiger partial charge in [-0.05, 0) is 49.9 Å². The van der Waals surface area contributed by atoms with Crippen LogP contribution in [0.25, 0.3) is 11.2 Å². The Bertz CT molecular complexity index is 1360. The first-order valence-corrected chi connectivity index (χ1v) is 11.0. The number of carbonyl (C=O) groups is 1. The van der Waals surface area contributed by atoms with Crippen molar-refractivity contribution < 1.29 is 14.3 Å². The van der Waals surface area contributed by atoms with Gasteiger partial charge in [0, 0.05) is 23.7 Å². The molecule has 172 valence electrons. The predicted molar refractivity (Wildman–Crippen MR) is 127 cm³/mol. The first-order chi connectivity index (χ1) is 16.6. The zero-order valence-electron chi connectivity index (χ0n) is 18.9. The molecule has 1 fully saturated rings. The Morgan fingerprint density at radius 2 is 2.00 bits per heavy atom.